The number of thiazole rings is 1. The van der Waals surface area contributed by atoms with Gasteiger partial charge in [0, 0.05) is 42.0 Å². The van der Waals surface area contributed by atoms with Crippen LogP contribution in [-0.4, -0.2) is 32.8 Å². The lowest BCUT2D eigenvalue weighted by molar-refractivity contribution is -0.114. The number of hydrogen-bond donors (Lipinski definition) is 1. The number of nitrogens with zero attached hydrogens (tertiary/aromatic N) is 4. The number of ether oxygens (including phenoxy) is 1. The minimum atomic E-state index is -0.129. The van der Waals surface area contributed by atoms with E-state index in [4.69, 9.17) is 9.84 Å². The Bertz CT molecular complexity index is 1320. The van der Waals surface area contributed by atoms with Gasteiger partial charge in [0.25, 0.3) is 0 Å². The highest BCUT2D eigenvalue weighted by Crippen LogP contribution is 2.44. The summed E-state index contributed by atoms with van der Waals surface area (Å²) in [5.74, 6) is -0.129. The van der Waals surface area contributed by atoms with Crippen LogP contribution in [0.2, 0.25) is 0 Å². The molecule has 1 aromatic carbocycles. The molecule has 1 aliphatic carbocycles. The molecule has 3 aromatic heterocycles. The first kappa shape index (κ1) is 21.0. The number of carbonyl (C=O) groups excluding carboxylic acids is 1. The van der Waals surface area contributed by atoms with Gasteiger partial charge >= 0.3 is 0 Å². The highest BCUT2D eigenvalue weighted by atomic mass is 79.9. The molecule has 0 aliphatic heterocycles. The average molecular weight is 510 g/mol. The van der Waals surface area contributed by atoms with Crippen molar-refractivity contribution in [2.75, 3.05) is 12.4 Å². The van der Waals surface area contributed by atoms with Gasteiger partial charge in [-0.25, -0.2) is 9.67 Å². The fraction of sp³-hybridized carbons (Fsp3) is 0.217. The molecule has 0 fully saturated rings. The quantitative estimate of drug-likeness (QED) is 0.408. The van der Waals surface area contributed by atoms with Crippen molar-refractivity contribution in [3.8, 4) is 27.5 Å². The summed E-state index contributed by atoms with van der Waals surface area (Å²) in [4.78, 5) is 21.6. The molecule has 0 bridgehead atoms. The fourth-order valence-corrected chi connectivity index (χ4v) is 5.64. The zero-order chi connectivity index (χ0) is 22.2. The molecule has 7 nitrogen and oxygen atoms in total. The number of carbonyl (C=O) groups is 1. The Labute approximate surface area is 197 Å². The molecular formula is C23H20BrN5O2S. The number of fused-ring (bicyclic) bond motifs is 3. The van der Waals surface area contributed by atoms with Gasteiger partial charge in [-0.15, -0.1) is 0 Å². The third-order valence-corrected chi connectivity index (χ3v) is 7.25. The smallest absolute Gasteiger partial charge is 0.223 e. The lowest BCUT2D eigenvalue weighted by atomic mass is 9.95. The normalized spacial score (nSPS) is 12.3. The van der Waals surface area contributed by atoms with Crippen molar-refractivity contribution in [3.63, 3.8) is 0 Å². The minimum Gasteiger partial charge on any atom is -0.380 e. The Morgan fingerprint density at radius 3 is 2.91 bits per heavy atom. The van der Waals surface area contributed by atoms with Crippen LogP contribution in [0.5, 0.6) is 0 Å². The molecule has 0 atom stereocenters. The maximum absolute atomic E-state index is 11.6. The van der Waals surface area contributed by atoms with Crippen LogP contribution in [0.1, 0.15) is 23.7 Å². The zero-order valence-electron chi connectivity index (χ0n) is 17.6. The van der Waals surface area contributed by atoms with Crippen LogP contribution >= 0.6 is 27.3 Å². The standard InChI is InChI=1S/C23H20BrN5O2S/c1-13(30)26-23-27-17-9-8-16-20(14-6-4-10-25-11-14)28-29(21(16)22(17)32-23)18-7-3-5-15(12-31-2)19(18)24/h3-7,10-11H,8-9,12H2,1-2H3,(H,26,27,30). The van der Waals surface area contributed by atoms with E-state index < -0.39 is 0 Å². The summed E-state index contributed by atoms with van der Waals surface area (Å²) >= 11 is 5.25. The van der Waals surface area contributed by atoms with Gasteiger partial charge in [0.15, 0.2) is 5.13 Å². The van der Waals surface area contributed by atoms with Crippen LogP contribution in [0.3, 0.4) is 0 Å². The number of aryl methyl sites for hydroxylation is 1. The monoisotopic (exact) mass is 509 g/mol. The lowest BCUT2D eigenvalue weighted by Crippen LogP contribution is -2.07. The molecule has 32 heavy (non-hydrogen) atoms. The van der Waals surface area contributed by atoms with Crippen molar-refractivity contribution in [2.24, 2.45) is 0 Å². The predicted octanol–water partition coefficient (Wildman–Crippen LogP) is 5.02. The number of rotatable bonds is 5. The summed E-state index contributed by atoms with van der Waals surface area (Å²) in [5, 5.41) is 8.50. The Kier molecular flexibility index (Phi) is 5.62. The average Bonchev–Trinajstić information content (AvgIpc) is 3.36. The van der Waals surface area contributed by atoms with Crippen molar-refractivity contribution < 1.29 is 9.53 Å². The molecule has 4 aromatic rings. The van der Waals surface area contributed by atoms with Crippen molar-refractivity contribution in [1.82, 2.24) is 19.7 Å². The van der Waals surface area contributed by atoms with Crippen LogP contribution in [0.25, 0.3) is 27.5 Å². The van der Waals surface area contributed by atoms with E-state index in [1.807, 2.05) is 41.2 Å². The van der Waals surface area contributed by atoms with Crippen LogP contribution < -0.4 is 5.32 Å². The number of aromatic nitrogens is 4. The molecule has 0 spiro atoms. The first-order chi connectivity index (χ1) is 15.6. The maximum Gasteiger partial charge on any atom is 0.223 e. The second kappa shape index (κ2) is 8.57. The summed E-state index contributed by atoms with van der Waals surface area (Å²) in [6.45, 7) is 1.99. The minimum absolute atomic E-state index is 0.129. The maximum atomic E-state index is 11.6. The van der Waals surface area contributed by atoms with Gasteiger partial charge in [-0.3, -0.25) is 9.78 Å². The Hall–Kier alpha value is -2.88. The number of nitrogens with one attached hydrogen (secondary N) is 1. The lowest BCUT2D eigenvalue weighted by Gasteiger charge is -2.16. The summed E-state index contributed by atoms with van der Waals surface area (Å²) in [6, 6.07) is 10.0. The van der Waals surface area contributed by atoms with E-state index in [1.54, 1.807) is 13.3 Å². The Morgan fingerprint density at radius 2 is 2.16 bits per heavy atom. The molecule has 0 saturated carbocycles. The van der Waals surface area contributed by atoms with Gasteiger partial charge in [0.2, 0.25) is 5.91 Å². The van der Waals surface area contributed by atoms with Gasteiger partial charge in [-0.05, 0) is 52.5 Å². The van der Waals surface area contributed by atoms with Crippen molar-refractivity contribution in [3.05, 3.63) is 64.0 Å². The van der Waals surface area contributed by atoms with Gasteiger partial charge in [0.1, 0.15) is 0 Å². The third-order valence-electron chi connectivity index (χ3n) is 5.31. The summed E-state index contributed by atoms with van der Waals surface area (Å²) < 4.78 is 8.28. The molecule has 0 radical (unpaired) electrons. The van der Waals surface area contributed by atoms with Crippen LogP contribution in [-0.2, 0) is 29.0 Å². The number of anilines is 1. The molecule has 3 heterocycles. The number of pyridine rings is 1. The van der Waals surface area contributed by atoms with Crippen LogP contribution in [0.4, 0.5) is 5.13 Å². The largest absolute Gasteiger partial charge is 0.380 e. The van der Waals surface area contributed by atoms with Gasteiger partial charge in [0.05, 0.1) is 34.3 Å². The number of halogens is 1. The Balaban J connectivity index is 1.75. The van der Waals surface area contributed by atoms with E-state index in [-0.39, 0.29) is 5.91 Å². The van der Waals surface area contributed by atoms with Gasteiger partial charge in [-0.1, -0.05) is 23.5 Å². The molecule has 0 saturated heterocycles. The van der Waals surface area contributed by atoms with E-state index in [9.17, 15) is 4.79 Å². The summed E-state index contributed by atoms with van der Waals surface area (Å²) in [7, 11) is 1.68. The summed E-state index contributed by atoms with van der Waals surface area (Å²) in [6.07, 6.45) is 5.21. The Morgan fingerprint density at radius 1 is 1.28 bits per heavy atom. The van der Waals surface area contributed by atoms with E-state index in [0.29, 0.717) is 11.7 Å². The molecule has 1 amide bonds. The number of amides is 1. The number of benzene rings is 1. The molecule has 0 unspecified atom stereocenters. The van der Waals surface area contributed by atoms with Gasteiger partial charge < -0.3 is 10.1 Å². The predicted molar refractivity (Wildman–Crippen MR) is 128 cm³/mol. The number of hydrogen-bond acceptors (Lipinski definition) is 6. The van der Waals surface area contributed by atoms with E-state index >= 15 is 0 Å². The SMILES string of the molecule is COCc1cccc(-n2nc(-c3cccnc3)c3c2-c2sc(NC(C)=O)nc2CC3)c1Br. The van der Waals surface area contributed by atoms with Crippen molar-refractivity contribution in [2.45, 2.75) is 26.4 Å². The van der Waals surface area contributed by atoms with Crippen molar-refractivity contribution >= 4 is 38.3 Å². The fourth-order valence-electron chi connectivity index (χ4n) is 3.98. The van der Waals surface area contributed by atoms with Crippen LogP contribution in [0.15, 0.2) is 47.2 Å². The molecule has 5 rings (SSSR count). The molecule has 1 aliphatic rings. The topological polar surface area (TPSA) is 81.9 Å². The molecule has 1 N–H and O–H groups in total. The van der Waals surface area contributed by atoms with E-state index in [1.165, 1.54) is 18.3 Å². The molecular weight excluding hydrogens is 490 g/mol. The second-order valence-corrected chi connectivity index (χ2v) is 9.28. The zero-order valence-corrected chi connectivity index (χ0v) is 20.0. The van der Waals surface area contributed by atoms with E-state index in [0.717, 1.165) is 61.7 Å². The van der Waals surface area contributed by atoms with E-state index in [2.05, 4.69) is 31.2 Å². The highest BCUT2D eigenvalue weighted by molar-refractivity contribution is 9.10. The molecule has 162 valence electrons. The highest BCUT2D eigenvalue weighted by Gasteiger charge is 2.30. The first-order valence-electron chi connectivity index (χ1n) is 10.1. The number of methoxy groups -OCH3 is 1. The van der Waals surface area contributed by atoms with Gasteiger partial charge in [-0.2, -0.15) is 5.10 Å². The first-order valence-corrected chi connectivity index (χ1v) is 11.7. The van der Waals surface area contributed by atoms with Crippen molar-refractivity contribution in [1.29, 1.82) is 0 Å². The second-order valence-electron chi connectivity index (χ2n) is 7.49. The van der Waals surface area contributed by atoms with Crippen LogP contribution in [0, 0.1) is 0 Å². The third kappa shape index (κ3) is 3.66. The molecule has 9 heteroatoms. The summed E-state index contributed by atoms with van der Waals surface area (Å²) in [5.41, 5.74) is 7.00.